The minimum atomic E-state index is -3.67. The number of hydrogen-bond donors (Lipinski definition) is 1. The van der Waals surface area contributed by atoms with Crippen LogP contribution in [0.2, 0.25) is 0 Å². The molecule has 3 heterocycles. The molecule has 1 aromatic carbocycles. The molecule has 0 aliphatic carbocycles. The van der Waals surface area contributed by atoms with E-state index in [9.17, 15) is 18.3 Å². The number of aliphatic carboxylic acids is 1. The molecular weight excluding hydrogens is 322 g/mol. The summed E-state index contributed by atoms with van der Waals surface area (Å²) in [6.45, 7) is 1.11. The van der Waals surface area contributed by atoms with E-state index < -0.39 is 21.9 Å². The average Bonchev–Trinajstić information content (AvgIpc) is 3.20. The van der Waals surface area contributed by atoms with Crippen molar-refractivity contribution in [2.75, 3.05) is 26.3 Å². The van der Waals surface area contributed by atoms with Crippen LogP contribution in [0.5, 0.6) is 5.75 Å². The molecule has 4 rings (SSSR count). The maximum atomic E-state index is 12.8. The van der Waals surface area contributed by atoms with Crippen molar-refractivity contribution in [2.24, 2.45) is 11.8 Å². The number of sulfonamides is 1. The molecule has 2 saturated heterocycles. The van der Waals surface area contributed by atoms with Crippen LogP contribution in [0.15, 0.2) is 23.1 Å². The van der Waals surface area contributed by atoms with Gasteiger partial charge in [-0.15, -0.1) is 0 Å². The number of ether oxygens (including phenoxy) is 2. The second kappa shape index (κ2) is 5.19. The van der Waals surface area contributed by atoms with E-state index in [1.807, 2.05) is 0 Å². The Morgan fingerprint density at radius 2 is 2.13 bits per heavy atom. The molecule has 3 atom stereocenters. The lowest BCUT2D eigenvalue weighted by Gasteiger charge is -2.18. The maximum Gasteiger partial charge on any atom is 0.309 e. The van der Waals surface area contributed by atoms with Crippen molar-refractivity contribution in [1.29, 1.82) is 0 Å². The summed E-state index contributed by atoms with van der Waals surface area (Å²) in [5.41, 5.74) is 1.01. The fraction of sp³-hybridized carbons (Fsp3) is 0.533. The van der Waals surface area contributed by atoms with Crippen LogP contribution in [0.4, 0.5) is 0 Å². The van der Waals surface area contributed by atoms with Crippen molar-refractivity contribution in [3.05, 3.63) is 23.8 Å². The molecule has 8 heteroatoms. The molecule has 1 aromatic rings. The molecule has 2 fully saturated rings. The first-order valence-electron chi connectivity index (χ1n) is 7.57. The SMILES string of the molecule is O=C(O)[C@@H]1CO[C@@H]2CN(S(=O)(=O)c3ccc4c(c3)OCC4)C[C@@H]21. The van der Waals surface area contributed by atoms with Crippen LogP contribution in [0.3, 0.4) is 0 Å². The topological polar surface area (TPSA) is 93.1 Å². The first kappa shape index (κ1) is 14.9. The standard InChI is InChI=1S/C15H17NO6S/c17-15(18)12-8-22-14-7-16(6-11(12)14)23(19,20)10-2-1-9-3-4-21-13(9)5-10/h1-2,5,11-12,14H,3-4,6-8H2,(H,17,18)/t11-,12-,14-/m1/s1. The smallest absolute Gasteiger partial charge is 0.309 e. The van der Waals surface area contributed by atoms with Crippen molar-refractivity contribution in [2.45, 2.75) is 17.4 Å². The second-order valence-corrected chi connectivity index (χ2v) is 8.11. The first-order valence-corrected chi connectivity index (χ1v) is 9.01. The summed E-state index contributed by atoms with van der Waals surface area (Å²) in [5, 5.41) is 9.21. The number of carboxylic acids is 1. The van der Waals surface area contributed by atoms with Gasteiger partial charge in [0.15, 0.2) is 0 Å². The van der Waals surface area contributed by atoms with Gasteiger partial charge in [0.25, 0.3) is 0 Å². The molecule has 0 radical (unpaired) electrons. The minimum absolute atomic E-state index is 0.158. The highest BCUT2D eigenvalue weighted by Gasteiger charge is 2.50. The Kier molecular flexibility index (Phi) is 3.36. The molecule has 0 bridgehead atoms. The maximum absolute atomic E-state index is 12.8. The highest BCUT2D eigenvalue weighted by molar-refractivity contribution is 7.89. The molecule has 3 aliphatic rings. The van der Waals surface area contributed by atoms with Crippen LogP contribution in [-0.4, -0.2) is 56.2 Å². The van der Waals surface area contributed by atoms with Gasteiger partial charge < -0.3 is 14.6 Å². The van der Waals surface area contributed by atoms with Gasteiger partial charge in [-0.3, -0.25) is 4.79 Å². The van der Waals surface area contributed by atoms with E-state index in [0.717, 1.165) is 12.0 Å². The summed E-state index contributed by atoms with van der Waals surface area (Å²) in [6, 6.07) is 4.93. The molecule has 7 nitrogen and oxygen atoms in total. The van der Waals surface area contributed by atoms with Crippen molar-refractivity contribution in [3.63, 3.8) is 0 Å². The molecule has 0 amide bonds. The number of benzene rings is 1. The van der Waals surface area contributed by atoms with E-state index in [-0.39, 0.29) is 36.6 Å². The number of hydrogen-bond acceptors (Lipinski definition) is 5. The van der Waals surface area contributed by atoms with Gasteiger partial charge in [-0.25, -0.2) is 8.42 Å². The summed E-state index contributed by atoms with van der Waals surface area (Å²) in [7, 11) is -3.67. The highest BCUT2D eigenvalue weighted by Crippen LogP contribution is 2.37. The second-order valence-electron chi connectivity index (χ2n) is 6.17. The zero-order valence-corrected chi connectivity index (χ0v) is 13.2. The number of rotatable bonds is 3. The molecule has 124 valence electrons. The summed E-state index contributed by atoms with van der Waals surface area (Å²) in [4.78, 5) is 11.4. The van der Waals surface area contributed by atoms with E-state index in [1.165, 1.54) is 4.31 Å². The van der Waals surface area contributed by atoms with Crippen molar-refractivity contribution in [3.8, 4) is 5.75 Å². The zero-order valence-electron chi connectivity index (χ0n) is 12.3. The van der Waals surface area contributed by atoms with E-state index in [4.69, 9.17) is 9.47 Å². The fourth-order valence-corrected chi connectivity index (χ4v) is 5.09. The van der Waals surface area contributed by atoms with Gasteiger partial charge >= 0.3 is 5.97 Å². The molecule has 0 unspecified atom stereocenters. The molecule has 3 aliphatic heterocycles. The third-order valence-electron chi connectivity index (χ3n) is 4.90. The van der Waals surface area contributed by atoms with Gasteiger partial charge in [0.05, 0.1) is 30.1 Å². The Balaban J connectivity index is 1.60. The summed E-state index contributed by atoms with van der Waals surface area (Å²) in [5.74, 6) is -1.23. The van der Waals surface area contributed by atoms with Gasteiger partial charge in [0.1, 0.15) is 5.75 Å². The van der Waals surface area contributed by atoms with E-state index in [2.05, 4.69) is 0 Å². The Hall–Kier alpha value is -1.64. The fourth-order valence-electron chi connectivity index (χ4n) is 3.58. The quantitative estimate of drug-likeness (QED) is 0.854. The van der Waals surface area contributed by atoms with Crippen LogP contribution < -0.4 is 4.74 Å². The van der Waals surface area contributed by atoms with Gasteiger partial charge in [-0.05, 0) is 11.6 Å². The Labute approximate surface area is 133 Å². The van der Waals surface area contributed by atoms with Crippen molar-refractivity contribution >= 4 is 16.0 Å². The molecule has 0 spiro atoms. The third-order valence-corrected chi connectivity index (χ3v) is 6.73. The van der Waals surface area contributed by atoms with Gasteiger partial charge in [0, 0.05) is 31.5 Å². The predicted molar refractivity (Wildman–Crippen MR) is 78.8 cm³/mol. The van der Waals surface area contributed by atoms with E-state index >= 15 is 0 Å². The lowest BCUT2D eigenvalue weighted by Crippen LogP contribution is -2.32. The van der Waals surface area contributed by atoms with Crippen LogP contribution in [-0.2, 0) is 26.0 Å². The lowest BCUT2D eigenvalue weighted by atomic mass is 9.94. The van der Waals surface area contributed by atoms with E-state index in [0.29, 0.717) is 12.4 Å². The number of carboxylic acid groups (broad SMARTS) is 1. The van der Waals surface area contributed by atoms with Crippen molar-refractivity contribution in [1.82, 2.24) is 4.31 Å². The Bertz CT molecular complexity index is 761. The highest BCUT2D eigenvalue weighted by atomic mass is 32.2. The summed E-state index contributed by atoms with van der Waals surface area (Å²) in [6.07, 6.45) is 0.453. The Morgan fingerprint density at radius 3 is 2.91 bits per heavy atom. The molecule has 23 heavy (non-hydrogen) atoms. The van der Waals surface area contributed by atoms with Gasteiger partial charge in [-0.1, -0.05) is 6.07 Å². The molecular formula is C15H17NO6S. The predicted octanol–water partition coefficient (Wildman–Crippen LogP) is 0.342. The van der Waals surface area contributed by atoms with Crippen LogP contribution >= 0.6 is 0 Å². The number of carbonyl (C=O) groups is 1. The summed E-state index contributed by atoms with van der Waals surface area (Å²) >= 11 is 0. The van der Waals surface area contributed by atoms with Crippen LogP contribution in [0, 0.1) is 11.8 Å². The zero-order chi connectivity index (χ0) is 16.2. The summed E-state index contributed by atoms with van der Waals surface area (Å²) < 4.78 is 37.9. The normalized spacial score (nSPS) is 30.0. The first-order chi connectivity index (χ1) is 11.0. The molecule has 1 N–H and O–H groups in total. The monoisotopic (exact) mass is 339 g/mol. The Morgan fingerprint density at radius 1 is 1.30 bits per heavy atom. The van der Waals surface area contributed by atoms with E-state index in [1.54, 1.807) is 18.2 Å². The minimum Gasteiger partial charge on any atom is -0.493 e. The van der Waals surface area contributed by atoms with Gasteiger partial charge in [-0.2, -0.15) is 4.31 Å². The van der Waals surface area contributed by atoms with Crippen molar-refractivity contribution < 1.29 is 27.8 Å². The largest absolute Gasteiger partial charge is 0.493 e. The van der Waals surface area contributed by atoms with Crippen LogP contribution in [0.1, 0.15) is 5.56 Å². The number of fused-ring (bicyclic) bond motifs is 2. The van der Waals surface area contributed by atoms with Crippen LogP contribution in [0.25, 0.3) is 0 Å². The molecule has 0 aromatic heterocycles. The van der Waals surface area contributed by atoms with Gasteiger partial charge in [0.2, 0.25) is 10.0 Å². The lowest BCUT2D eigenvalue weighted by molar-refractivity contribution is -0.142. The number of nitrogens with zero attached hydrogens (tertiary/aromatic N) is 1. The molecule has 0 saturated carbocycles. The third kappa shape index (κ3) is 2.32. The average molecular weight is 339 g/mol.